The first-order valence-corrected chi connectivity index (χ1v) is 5.61. The summed E-state index contributed by atoms with van der Waals surface area (Å²) < 4.78 is 5.33. The summed E-state index contributed by atoms with van der Waals surface area (Å²) in [7, 11) is 0. The van der Waals surface area contributed by atoms with Crippen LogP contribution in [-0.4, -0.2) is 55.5 Å². The molecule has 1 rings (SSSR count). The third-order valence-corrected chi connectivity index (χ3v) is 2.62. The molecule has 1 aliphatic rings. The van der Waals surface area contributed by atoms with E-state index < -0.39 is 12.0 Å². The Balaban J connectivity index is 2.14. The largest absolute Gasteiger partial charge is 0.382 e. The standard InChI is InChI=1S/C10H21N3O3/c1-7(13-5-9(14)10(11)15)4-8-6-16-3-2-12-8/h7-9,12-14H,2-6H2,1H3,(H2,11,15). The van der Waals surface area contributed by atoms with E-state index in [-0.39, 0.29) is 12.6 Å². The molecule has 1 heterocycles. The molecule has 1 saturated heterocycles. The van der Waals surface area contributed by atoms with Crippen molar-refractivity contribution in [1.82, 2.24) is 10.6 Å². The maximum absolute atomic E-state index is 10.6. The van der Waals surface area contributed by atoms with Crippen LogP contribution >= 0.6 is 0 Å². The smallest absolute Gasteiger partial charge is 0.247 e. The molecule has 3 unspecified atom stereocenters. The molecule has 6 heteroatoms. The van der Waals surface area contributed by atoms with Gasteiger partial charge in [-0.2, -0.15) is 0 Å². The molecule has 0 bridgehead atoms. The number of aliphatic hydroxyl groups excluding tert-OH is 1. The highest BCUT2D eigenvalue weighted by Crippen LogP contribution is 2.02. The van der Waals surface area contributed by atoms with Gasteiger partial charge in [-0.3, -0.25) is 4.79 Å². The van der Waals surface area contributed by atoms with E-state index in [2.05, 4.69) is 10.6 Å². The van der Waals surface area contributed by atoms with Crippen LogP contribution < -0.4 is 16.4 Å². The first-order valence-electron chi connectivity index (χ1n) is 5.61. The molecule has 1 amide bonds. The lowest BCUT2D eigenvalue weighted by Gasteiger charge is -2.27. The highest BCUT2D eigenvalue weighted by atomic mass is 16.5. The summed E-state index contributed by atoms with van der Waals surface area (Å²) in [5.41, 5.74) is 4.95. The average Bonchev–Trinajstić information content (AvgIpc) is 2.27. The summed E-state index contributed by atoms with van der Waals surface area (Å²) in [4.78, 5) is 10.6. The Morgan fingerprint density at radius 2 is 2.50 bits per heavy atom. The van der Waals surface area contributed by atoms with Gasteiger partial charge in [0.1, 0.15) is 6.10 Å². The number of carbonyl (C=O) groups excluding carboxylic acids is 1. The van der Waals surface area contributed by atoms with Crippen LogP contribution in [0.4, 0.5) is 0 Å². The van der Waals surface area contributed by atoms with Crippen LogP contribution in [0.2, 0.25) is 0 Å². The fourth-order valence-electron chi connectivity index (χ4n) is 1.69. The molecule has 0 radical (unpaired) electrons. The minimum Gasteiger partial charge on any atom is -0.382 e. The molecule has 0 aromatic carbocycles. The maximum Gasteiger partial charge on any atom is 0.247 e. The lowest BCUT2D eigenvalue weighted by Crippen LogP contribution is -2.47. The number of nitrogens with one attached hydrogen (secondary N) is 2. The molecule has 3 atom stereocenters. The SMILES string of the molecule is CC(CC1COCCN1)NCC(O)C(N)=O. The number of carbonyl (C=O) groups is 1. The quantitative estimate of drug-likeness (QED) is 0.432. The van der Waals surface area contributed by atoms with E-state index in [9.17, 15) is 9.90 Å². The van der Waals surface area contributed by atoms with E-state index in [1.807, 2.05) is 6.92 Å². The highest BCUT2D eigenvalue weighted by Gasteiger charge is 2.17. The van der Waals surface area contributed by atoms with Gasteiger partial charge in [0.05, 0.1) is 13.2 Å². The Labute approximate surface area is 95.5 Å². The second-order valence-electron chi connectivity index (χ2n) is 4.19. The van der Waals surface area contributed by atoms with E-state index in [1.165, 1.54) is 0 Å². The zero-order valence-electron chi connectivity index (χ0n) is 9.61. The molecule has 1 fully saturated rings. The lowest BCUT2D eigenvalue weighted by atomic mass is 10.1. The number of hydrogen-bond acceptors (Lipinski definition) is 5. The Morgan fingerprint density at radius 3 is 3.06 bits per heavy atom. The van der Waals surface area contributed by atoms with Gasteiger partial charge >= 0.3 is 0 Å². The Hall–Kier alpha value is -0.690. The van der Waals surface area contributed by atoms with E-state index in [4.69, 9.17) is 10.5 Å². The van der Waals surface area contributed by atoms with E-state index in [0.717, 1.165) is 19.6 Å². The van der Waals surface area contributed by atoms with Crippen LogP contribution in [0.3, 0.4) is 0 Å². The van der Waals surface area contributed by atoms with Crippen molar-refractivity contribution >= 4 is 5.91 Å². The normalized spacial score (nSPS) is 25.0. The summed E-state index contributed by atoms with van der Waals surface area (Å²) in [6.07, 6.45) is -0.219. The fourth-order valence-corrected chi connectivity index (χ4v) is 1.69. The van der Waals surface area contributed by atoms with Crippen molar-refractivity contribution in [3.05, 3.63) is 0 Å². The predicted octanol–water partition coefficient (Wildman–Crippen LogP) is -1.81. The number of hydrogen-bond donors (Lipinski definition) is 4. The van der Waals surface area contributed by atoms with Crippen LogP contribution in [0.1, 0.15) is 13.3 Å². The monoisotopic (exact) mass is 231 g/mol. The molecule has 5 N–H and O–H groups in total. The maximum atomic E-state index is 10.6. The second kappa shape index (κ2) is 6.80. The second-order valence-corrected chi connectivity index (χ2v) is 4.19. The van der Waals surface area contributed by atoms with Crippen molar-refractivity contribution in [2.75, 3.05) is 26.3 Å². The minimum atomic E-state index is -1.11. The molecular weight excluding hydrogens is 210 g/mol. The van der Waals surface area contributed by atoms with Gasteiger partial charge in [0.2, 0.25) is 5.91 Å². The number of aliphatic hydroxyl groups is 1. The minimum absolute atomic E-state index is 0.198. The molecule has 0 aromatic heterocycles. The van der Waals surface area contributed by atoms with Crippen LogP contribution in [0, 0.1) is 0 Å². The van der Waals surface area contributed by atoms with Crippen molar-refractivity contribution in [3.63, 3.8) is 0 Å². The Morgan fingerprint density at radius 1 is 1.75 bits per heavy atom. The van der Waals surface area contributed by atoms with E-state index in [1.54, 1.807) is 0 Å². The lowest BCUT2D eigenvalue weighted by molar-refractivity contribution is -0.125. The van der Waals surface area contributed by atoms with Crippen molar-refractivity contribution in [1.29, 1.82) is 0 Å². The molecule has 0 saturated carbocycles. The molecular formula is C10H21N3O3. The third kappa shape index (κ3) is 4.89. The summed E-state index contributed by atoms with van der Waals surface area (Å²) >= 11 is 0. The van der Waals surface area contributed by atoms with Crippen molar-refractivity contribution in [2.45, 2.75) is 31.5 Å². The first-order chi connectivity index (χ1) is 7.59. The number of nitrogens with two attached hydrogens (primary N) is 1. The molecule has 1 aliphatic heterocycles. The highest BCUT2D eigenvalue weighted by molar-refractivity contribution is 5.78. The third-order valence-electron chi connectivity index (χ3n) is 2.62. The van der Waals surface area contributed by atoms with Crippen LogP contribution in [0.25, 0.3) is 0 Å². The van der Waals surface area contributed by atoms with Crippen molar-refractivity contribution < 1.29 is 14.6 Å². The number of amides is 1. The van der Waals surface area contributed by atoms with Gasteiger partial charge in [-0.15, -0.1) is 0 Å². The van der Waals surface area contributed by atoms with Gasteiger partial charge in [-0.25, -0.2) is 0 Å². The zero-order chi connectivity index (χ0) is 12.0. The van der Waals surface area contributed by atoms with Crippen molar-refractivity contribution in [2.24, 2.45) is 5.73 Å². The topological polar surface area (TPSA) is 96.6 Å². The number of ether oxygens (including phenoxy) is 1. The van der Waals surface area contributed by atoms with Crippen LogP contribution in [0.5, 0.6) is 0 Å². The number of morpholine rings is 1. The van der Waals surface area contributed by atoms with Gasteiger partial charge in [-0.1, -0.05) is 0 Å². The van der Waals surface area contributed by atoms with E-state index in [0.29, 0.717) is 12.6 Å². The fraction of sp³-hybridized carbons (Fsp3) is 0.900. The van der Waals surface area contributed by atoms with E-state index >= 15 is 0 Å². The molecule has 0 spiro atoms. The van der Waals surface area contributed by atoms with Gasteiger partial charge < -0.3 is 26.2 Å². The Bertz CT molecular complexity index is 219. The zero-order valence-corrected chi connectivity index (χ0v) is 9.61. The predicted molar refractivity (Wildman–Crippen MR) is 59.9 cm³/mol. The van der Waals surface area contributed by atoms with Crippen LogP contribution in [-0.2, 0) is 9.53 Å². The molecule has 6 nitrogen and oxygen atoms in total. The summed E-state index contributed by atoms with van der Waals surface area (Å²) in [5, 5.41) is 15.6. The molecule has 0 aromatic rings. The average molecular weight is 231 g/mol. The van der Waals surface area contributed by atoms with Gasteiger partial charge in [0.25, 0.3) is 0 Å². The molecule has 0 aliphatic carbocycles. The summed E-state index contributed by atoms with van der Waals surface area (Å²) in [6.45, 7) is 4.55. The number of rotatable bonds is 6. The molecule has 94 valence electrons. The summed E-state index contributed by atoms with van der Waals surface area (Å²) in [6, 6.07) is 0.537. The number of primary amides is 1. The van der Waals surface area contributed by atoms with Crippen LogP contribution in [0.15, 0.2) is 0 Å². The van der Waals surface area contributed by atoms with Gasteiger partial charge in [-0.05, 0) is 13.3 Å². The molecule has 16 heavy (non-hydrogen) atoms. The van der Waals surface area contributed by atoms with Gasteiger partial charge in [0.15, 0.2) is 0 Å². The first kappa shape index (κ1) is 13.4. The van der Waals surface area contributed by atoms with Gasteiger partial charge in [0, 0.05) is 25.2 Å². The van der Waals surface area contributed by atoms with Crippen molar-refractivity contribution in [3.8, 4) is 0 Å². The Kier molecular flexibility index (Phi) is 5.68. The summed E-state index contributed by atoms with van der Waals surface area (Å²) in [5.74, 6) is -0.696.